The molecule has 2 aliphatic carbocycles. The van der Waals surface area contributed by atoms with Gasteiger partial charge in [0.1, 0.15) is 0 Å². The van der Waals surface area contributed by atoms with Crippen molar-refractivity contribution in [1.29, 1.82) is 0 Å². The van der Waals surface area contributed by atoms with E-state index in [0.717, 1.165) is 37.0 Å². The number of aromatic amines is 2. The second-order valence-corrected chi connectivity index (χ2v) is 16.5. The molecule has 2 unspecified atom stereocenters. The average Bonchev–Trinajstić information content (AvgIpc) is 3.77. The molecule has 6 aromatic rings. The van der Waals surface area contributed by atoms with Crippen molar-refractivity contribution in [3.05, 3.63) is 140 Å². The fourth-order valence-corrected chi connectivity index (χ4v) is 9.09. The smallest absolute Gasteiger partial charge is 0.408 e. The third-order valence-corrected chi connectivity index (χ3v) is 12.1. The molecule has 0 radical (unpaired) electrons. The van der Waals surface area contributed by atoms with Crippen LogP contribution in [-0.4, -0.2) is 47.1 Å². The van der Waals surface area contributed by atoms with Crippen LogP contribution in [0.15, 0.2) is 115 Å². The highest BCUT2D eigenvalue weighted by atomic mass is 16.4. The Hall–Kier alpha value is -4.66. The van der Waals surface area contributed by atoms with Gasteiger partial charge >= 0.3 is 11.5 Å². The van der Waals surface area contributed by atoms with Crippen molar-refractivity contribution in [2.24, 2.45) is 11.8 Å². The number of hydrogen-bond acceptors (Lipinski definition) is 6. The molecule has 0 saturated heterocycles. The average molecular weight is 743 g/mol. The second kappa shape index (κ2) is 18.3. The summed E-state index contributed by atoms with van der Waals surface area (Å²) >= 11 is 0. The third kappa shape index (κ3) is 10.6. The van der Waals surface area contributed by atoms with Gasteiger partial charge in [0, 0.05) is 18.6 Å². The number of oxazole rings is 2. The van der Waals surface area contributed by atoms with Gasteiger partial charge in [0.2, 0.25) is 0 Å². The molecule has 2 aliphatic rings. The Morgan fingerprint density at radius 3 is 1.62 bits per heavy atom. The molecule has 0 spiro atoms. The molecular weight excluding hydrogens is 685 g/mol. The minimum absolute atomic E-state index is 0.373. The van der Waals surface area contributed by atoms with Gasteiger partial charge in [0.25, 0.3) is 0 Å². The largest absolute Gasteiger partial charge is 0.417 e. The minimum Gasteiger partial charge on any atom is -0.408 e. The molecule has 0 aliphatic heterocycles. The second-order valence-electron chi connectivity index (χ2n) is 16.5. The fourth-order valence-electron chi connectivity index (χ4n) is 9.09. The third-order valence-electron chi connectivity index (χ3n) is 12.1. The van der Waals surface area contributed by atoms with E-state index < -0.39 is 0 Å². The number of fused-ring (bicyclic) bond motifs is 2. The molecule has 290 valence electrons. The van der Waals surface area contributed by atoms with Crippen LogP contribution in [0.5, 0.6) is 0 Å². The van der Waals surface area contributed by atoms with Gasteiger partial charge in [0.05, 0.1) is 11.0 Å². The van der Waals surface area contributed by atoms with E-state index in [0.29, 0.717) is 46.9 Å². The number of nitrogens with one attached hydrogen (secondary N) is 3. The maximum atomic E-state index is 11.4. The maximum Gasteiger partial charge on any atom is 0.417 e. The molecule has 0 amide bonds. The molecule has 2 saturated carbocycles. The zero-order valence-electron chi connectivity index (χ0n) is 32.8. The van der Waals surface area contributed by atoms with Crippen LogP contribution in [0.1, 0.15) is 99.3 Å². The highest BCUT2D eigenvalue weighted by molar-refractivity contribution is 5.73. The molecule has 0 bridgehead atoms. The molecule has 55 heavy (non-hydrogen) atoms. The van der Waals surface area contributed by atoms with E-state index in [1.807, 2.05) is 24.3 Å². The molecule has 2 atom stereocenters. The van der Waals surface area contributed by atoms with Gasteiger partial charge < -0.3 is 19.1 Å². The summed E-state index contributed by atoms with van der Waals surface area (Å²) in [5.41, 5.74) is 8.36. The minimum atomic E-state index is -0.375. The lowest BCUT2D eigenvalue weighted by molar-refractivity contribution is 0.162. The number of hydrogen-bond donors (Lipinski definition) is 3. The highest BCUT2D eigenvalue weighted by Gasteiger charge is 2.26. The Morgan fingerprint density at radius 2 is 1.11 bits per heavy atom. The van der Waals surface area contributed by atoms with Crippen molar-refractivity contribution in [3.8, 4) is 0 Å². The molecule has 4 aromatic carbocycles. The maximum absolute atomic E-state index is 11.4. The van der Waals surface area contributed by atoms with Gasteiger partial charge in [-0.25, -0.2) is 9.59 Å². The number of aromatic nitrogens is 2. The number of H-pyrrole nitrogens is 2. The zero-order chi connectivity index (χ0) is 38.1. The first-order valence-electron chi connectivity index (χ1n) is 20.5. The topological polar surface area (TPSA) is 107 Å². The lowest BCUT2D eigenvalue weighted by Gasteiger charge is -2.36. The van der Waals surface area contributed by atoms with Crippen molar-refractivity contribution in [2.45, 2.75) is 102 Å². The van der Waals surface area contributed by atoms with E-state index in [9.17, 15) is 9.59 Å². The first-order valence-corrected chi connectivity index (χ1v) is 20.5. The summed E-state index contributed by atoms with van der Waals surface area (Å²) in [6.07, 6.45) is 11.9. The summed E-state index contributed by atoms with van der Waals surface area (Å²) in [7, 11) is 2.28. The van der Waals surface area contributed by atoms with Gasteiger partial charge in [-0.05, 0) is 148 Å². The quantitative estimate of drug-likeness (QED) is 0.115. The van der Waals surface area contributed by atoms with Crippen molar-refractivity contribution in [3.63, 3.8) is 0 Å². The van der Waals surface area contributed by atoms with Crippen LogP contribution < -0.4 is 16.8 Å². The van der Waals surface area contributed by atoms with E-state index in [4.69, 9.17) is 8.83 Å². The monoisotopic (exact) mass is 742 g/mol. The summed E-state index contributed by atoms with van der Waals surface area (Å²) in [5, 5.41) is 3.78. The Morgan fingerprint density at radius 1 is 0.636 bits per heavy atom. The van der Waals surface area contributed by atoms with Crippen LogP contribution in [0.25, 0.3) is 22.2 Å². The zero-order valence-corrected chi connectivity index (χ0v) is 32.8. The van der Waals surface area contributed by atoms with Gasteiger partial charge in [-0.15, -0.1) is 0 Å². The van der Waals surface area contributed by atoms with Crippen LogP contribution in [0.3, 0.4) is 0 Å². The van der Waals surface area contributed by atoms with Crippen molar-refractivity contribution < 1.29 is 8.83 Å². The molecule has 2 aromatic heterocycles. The summed E-state index contributed by atoms with van der Waals surface area (Å²) < 4.78 is 10.4. The summed E-state index contributed by atoms with van der Waals surface area (Å²) in [4.78, 5) is 30.7. The highest BCUT2D eigenvalue weighted by Crippen LogP contribution is 2.36. The predicted octanol–water partition coefficient (Wildman–Crippen LogP) is 9.57. The summed E-state index contributed by atoms with van der Waals surface area (Å²) in [5.74, 6) is 1.68. The summed E-state index contributed by atoms with van der Waals surface area (Å²) in [6.45, 7) is 6.90. The molecule has 3 N–H and O–H groups in total. The van der Waals surface area contributed by atoms with E-state index in [1.165, 1.54) is 73.6 Å². The fraction of sp³-hybridized carbons (Fsp3) is 0.447. The standard InChI is InChI=1S/C24H30N2O2.C23H28N2O2/c1-17(14-18-6-4-3-5-7-18)16-26(2)21-11-8-19(9-12-21)20-10-13-22-23(15-20)28-24(27)25-22;1-16(13-17-5-3-2-4-6-17)15-24-20-10-7-18(8-11-20)19-9-12-21-22(14-19)27-23(26)25-21/h3-7,10,13,15,17,19,21H,8-9,11-12,14,16H2,1-2H3,(H,25,27);2-6,9,12,14,16,18,20,24H,7-8,10-11,13,15H2,1H3,(H,25,26). The predicted molar refractivity (Wildman–Crippen MR) is 223 cm³/mol. The van der Waals surface area contributed by atoms with E-state index in [1.54, 1.807) is 0 Å². The first-order chi connectivity index (χ1) is 26.8. The molecule has 8 rings (SSSR count). The number of nitrogens with zero attached hydrogens (tertiary/aromatic N) is 1. The lowest BCUT2D eigenvalue weighted by atomic mass is 9.81. The van der Waals surface area contributed by atoms with Crippen LogP contribution in [0.4, 0.5) is 0 Å². The summed E-state index contributed by atoms with van der Waals surface area (Å²) in [6, 6.07) is 35.1. The molecule has 8 heteroatoms. The number of rotatable bonds is 12. The number of benzene rings is 4. The molecule has 2 heterocycles. The Balaban J connectivity index is 0.000000169. The Kier molecular flexibility index (Phi) is 12.9. The van der Waals surface area contributed by atoms with E-state index in [2.05, 4.69) is 114 Å². The van der Waals surface area contributed by atoms with Gasteiger partial charge in [0.15, 0.2) is 11.2 Å². The normalized spacial score (nSPS) is 21.3. The Labute approximate surface area is 324 Å². The molecule has 8 nitrogen and oxygen atoms in total. The van der Waals surface area contributed by atoms with Gasteiger partial charge in [-0.3, -0.25) is 9.97 Å². The van der Waals surface area contributed by atoms with Crippen molar-refractivity contribution in [2.75, 3.05) is 20.1 Å². The molecule has 2 fully saturated rings. The van der Waals surface area contributed by atoms with Crippen LogP contribution >= 0.6 is 0 Å². The van der Waals surface area contributed by atoms with Crippen LogP contribution in [0, 0.1) is 11.8 Å². The van der Waals surface area contributed by atoms with Crippen molar-refractivity contribution in [1.82, 2.24) is 20.2 Å². The van der Waals surface area contributed by atoms with Crippen molar-refractivity contribution >= 4 is 22.2 Å². The van der Waals surface area contributed by atoms with E-state index >= 15 is 0 Å². The van der Waals surface area contributed by atoms with Gasteiger partial charge in [-0.2, -0.15) is 0 Å². The van der Waals surface area contributed by atoms with E-state index in [-0.39, 0.29) is 11.5 Å². The van der Waals surface area contributed by atoms with Crippen LogP contribution in [0.2, 0.25) is 0 Å². The Bertz CT molecular complexity index is 2190. The van der Waals surface area contributed by atoms with Crippen LogP contribution in [-0.2, 0) is 12.8 Å². The SMILES string of the molecule is CC(CNC1CCC(c2ccc3[nH]c(=O)oc3c2)CC1)Cc1ccccc1.CC(Cc1ccccc1)CN(C)C1CCC(c2ccc3[nH]c(=O)oc3c2)CC1. The first kappa shape index (κ1) is 38.6. The van der Waals surface area contributed by atoms with Gasteiger partial charge in [-0.1, -0.05) is 86.6 Å². The lowest BCUT2D eigenvalue weighted by Crippen LogP contribution is -2.37. The molecular formula is C47H58N4O4.